The monoisotopic (exact) mass is 248 g/mol. The van der Waals surface area contributed by atoms with Gasteiger partial charge in [-0.3, -0.25) is 0 Å². The summed E-state index contributed by atoms with van der Waals surface area (Å²) in [5, 5.41) is 18.8. The number of aliphatic hydroxyl groups is 1. The van der Waals surface area contributed by atoms with E-state index in [4.69, 9.17) is 5.11 Å². The second kappa shape index (κ2) is 4.09. The highest BCUT2D eigenvalue weighted by Gasteiger charge is 2.49. The number of hydrogen-bond acceptors (Lipinski definition) is 2. The molecule has 1 aromatic rings. The fourth-order valence-corrected chi connectivity index (χ4v) is 3.12. The molecule has 0 amide bonds. The minimum Gasteiger partial charge on any atom is -0.478 e. The summed E-state index contributed by atoms with van der Waals surface area (Å²) in [7, 11) is 0. The molecule has 1 aromatic carbocycles. The molecule has 1 aliphatic carbocycles. The highest BCUT2D eigenvalue weighted by Crippen LogP contribution is 2.53. The lowest BCUT2D eigenvalue weighted by molar-refractivity contribution is 0.0696. The van der Waals surface area contributed by atoms with Crippen molar-refractivity contribution in [2.45, 2.75) is 45.1 Å². The van der Waals surface area contributed by atoms with E-state index in [-0.39, 0.29) is 16.9 Å². The van der Waals surface area contributed by atoms with Gasteiger partial charge in [-0.2, -0.15) is 0 Å². The first kappa shape index (κ1) is 13.1. The van der Waals surface area contributed by atoms with Crippen LogP contribution in [0.5, 0.6) is 0 Å². The molecule has 0 heterocycles. The molecule has 0 radical (unpaired) electrons. The van der Waals surface area contributed by atoms with Crippen LogP contribution in [0, 0.1) is 5.41 Å². The van der Waals surface area contributed by atoms with Gasteiger partial charge in [0.2, 0.25) is 0 Å². The van der Waals surface area contributed by atoms with Crippen LogP contribution < -0.4 is 0 Å². The van der Waals surface area contributed by atoms with Gasteiger partial charge >= 0.3 is 5.97 Å². The first-order valence-electron chi connectivity index (χ1n) is 6.28. The molecule has 1 aliphatic rings. The van der Waals surface area contributed by atoms with Crippen LogP contribution in [0.25, 0.3) is 0 Å². The fraction of sp³-hybridized carbons (Fsp3) is 0.533. The Morgan fingerprint density at radius 2 is 1.72 bits per heavy atom. The Hall–Kier alpha value is -1.35. The van der Waals surface area contributed by atoms with Crippen molar-refractivity contribution in [3.8, 4) is 0 Å². The quantitative estimate of drug-likeness (QED) is 0.846. The number of carboxylic acids is 1. The summed E-state index contributed by atoms with van der Waals surface area (Å²) >= 11 is 0. The maximum absolute atomic E-state index is 10.9. The number of benzene rings is 1. The standard InChI is InChI=1S/C15H20O3/c1-14(2)8-12(16)9-15(14,3)11-6-4-10(5-7-11)13(17)18/h4-7,12,16H,8-9H2,1-3H3,(H,17,18). The average molecular weight is 248 g/mol. The van der Waals surface area contributed by atoms with E-state index < -0.39 is 5.97 Å². The smallest absolute Gasteiger partial charge is 0.335 e. The first-order valence-corrected chi connectivity index (χ1v) is 6.28. The van der Waals surface area contributed by atoms with Gasteiger partial charge in [0.05, 0.1) is 11.7 Å². The predicted molar refractivity (Wildman–Crippen MR) is 69.8 cm³/mol. The van der Waals surface area contributed by atoms with Crippen LogP contribution in [0.15, 0.2) is 24.3 Å². The van der Waals surface area contributed by atoms with E-state index in [2.05, 4.69) is 20.8 Å². The van der Waals surface area contributed by atoms with Gasteiger partial charge in [-0.1, -0.05) is 32.9 Å². The minimum atomic E-state index is -0.905. The number of aliphatic hydroxyl groups excluding tert-OH is 1. The molecule has 1 saturated carbocycles. The second-order valence-corrected chi connectivity index (χ2v) is 6.16. The lowest BCUT2D eigenvalue weighted by Gasteiger charge is -2.38. The van der Waals surface area contributed by atoms with E-state index in [1.165, 1.54) is 0 Å². The van der Waals surface area contributed by atoms with Gasteiger partial charge < -0.3 is 10.2 Å². The van der Waals surface area contributed by atoms with Crippen LogP contribution >= 0.6 is 0 Å². The molecular weight excluding hydrogens is 228 g/mol. The van der Waals surface area contributed by atoms with Crippen LogP contribution in [0.4, 0.5) is 0 Å². The summed E-state index contributed by atoms with van der Waals surface area (Å²) in [4.78, 5) is 10.9. The number of aromatic carboxylic acids is 1. The molecule has 2 rings (SSSR count). The van der Waals surface area contributed by atoms with Gasteiger partial charge in [-0.15, -0.1) is 0 Å². The Bertz CT molecular complexity index is 461. The van der Waals surface area contributed by atoms with Crippen molar-refractivity contribution in [2.75, 3.05) is 0 Å². The van der Waals surface area contributed by atoms with Crippen LogP contribution in [0.3, 0.4) is 0 Å². The van der Waals surface area contributed by atoms with E-state index in [9.17, 15) is 9.90 Å². The largest absolute Gasteiger partial charge is 0.478 e. The molecule has 3 nitrogen and oxygen atoms in total. The molecule has 2 unspecified atom stereocenters. The van der Waals surface area contributed by atoms with Crippen molar-refractivity contribution in [1.29, 1.82) is 0 Å². The molecule has 0 aliphatic heterocycles. The molecule has 3 heteroatoms. The van der Waals surface area contributed by atoms with Crippen molar-refractivity contribution in [2.24, 2.45) is 5.41 Å². The Morgan fingerprint density at radius 3 is 2.11 bits per heavy atom. The third kappa shape index (κ3) is 1.93. The fourth-order valence-electron chi connectivity index (χ4n) is 3.12. The first-order chi connectivity index (χ1) is 8.26. The number of hydrogen-bond donors (Lipinski definition) is 2. The Morgan fingerprint density at radius 1 is 1.17 bits per heavy atom. The van der Waals surface area contributed by atoms with Gasteiger partial charge in [-0.25, -0.2) is 4.79 Å². The number of carboxylic acid groups (broad SMARTS) is 1. The Kier molecular flexibility index (Phi) is 2.98. The van der Waals surface area contributed by atoms with Gasteiger partial charge in [0.15, 0.2) is 0 Å². The highest BCUT2D eigenvalue weighted by molar-refractivity contribution is 5.87. The lowest BCUT2D eigenvalue weighted by Crippen LogP contribution is -2.34. The normalized spacial score (nSPS) is 30.3. The molecule has 2 atom stereocenters. The van der Waals surface area contributed by atoms with Crippen molar-refractivity contribution < 1.29 is 15.0 Å². The maximum atomic E-state index is 10.9. The summed E-state index contributed by atoms with van der Waals surface area (Å²) in [5.74, 6) is -0.905. The second-order valence-electron chi connectivity index (χ2n) is 6.16. The number of rotatable bonds is 2. The Balaban J connectivity index is 2.39. The molecular formula is C15H20O3. The van der Waals surface area contributed by atoms with E-state index in [0.29, 0.717) is 5.56 Å². The molecule has 2 N–H and O–H groups in total. The molecule has 0 aromatic heterocycles. The molecule has 98 valence electrons. The summed E-state index contributed by atoms with van der Waals surface area (Å²) in [6.45, 7) is 6.47. The third-order valence-electron chi connectivity index (χ3n) is 4.65. The summed E-state index contributed by atoms with van der Waals surface area (Å²) in [6, 6.07) is 7.04. The number of carbonyl (C=O) groups is 1. The average Bonchev–Trinajstić information content (AvgIpc) is 2.48. The van der Waals surface area contributed by atoms with E-state index >= 15 is 0 Å². The van der Waals surface area contributed by atoms with Crippen molar-refractivity contribution >= 4 is 5.97 Å². The van der Waals surface area contributed by atoms with Gasteiger partial charge in [0, 0.05) is 5.41 Å². The topological polar surface area (TPSA) is 57.5 Å². The molecule has 18 heavy (non-hydrogen) atoms. The lowest BCUT2D eigenvalue weighted by atomic mass is 9.65. The predicted octanol–water partition coefficient (Wildman–Crippen LogP) is 2.82. The van der Waals surface area contributed by atoms with E-state index in [1.54, 1.807) is 12.1 Å². The SMILES string of the molecule is CC1(C)CC(O)CC1(C)c1ccc(C(=O)O)cc1. The zero-order valence-corrected chi connectivity index (χ0v) is 11.1. The highest BCUT2D eigenvalue weighted by atomic mass is 16.4. The molecule has 0 saturated heterocycles. The van der Waals surface area contributed by atoms with Crippen molar-refractivity contribution in [1.82, 2.24) is 0 Å². The van der Waals surface area contributed by atoms with Crippen LogP contribution in [0.1, 0.15) is 49.5 Å². The minimum absolute atomic E-state index is 0.0111. The summed E-state index contributed by atoms with van der Waals surface area (Å²) < 4.78 is 0. The van der Waals surface area contributed by atoms with Crippen LogP contribution in [0.2, 0.25) is 0 Å². The molecule has 0 bridgehead atoms. The molecule has 0 spiro atoms. The van der Waals surface area contributed by atoms with Gasteiger partial charge in [-0.05, 0) is 36.0 Å². The third-order valence-corrected chi connectivity index (χ3v) is 4.65. The van der Waals surface area contributed by atoms with E-state index in [1.807, 2.05) is 12.1 Å². The summed E-state index contributed by atoms with van der Waals surface area (Å²) in [6.07, 6.45) is 1.24. The maximum Gasteiger partial charge on any atom is 0.335 e. The van der Waals surface area contributed by atoms with E-state index in [0.717, 1.165) is 18.4 Å². The van der Waals surface area contributed by atoms with Gasteiger partial charge in [0.25, 0.3) is 0 Å². The van der Waals surface area contributed by atoms with Crippen molar-refractivity contribution in [3.63, 3.8) is 0 Å². The van der Waals surface area contributed by atoms with Crippen LogP contribution in [-0.2, 0) is 5.41 Å². The zero-order valence-electron chi connectivity index (χ0n) is 11.1. The Labute approximate surface area is 107 Å². The van der Waals surface area contributed by atoms with Crippen molar-refractivity contribution in [3.05, 3.63) is 35.4 Å². The summed E-state index contributed by atoms with van der Waals surface area (Å²) in [5.41, 5.74) is 1.31. The van der Waals surface area contributed by atoms with Crippen LogP contribution in [-0.4, -0.2) is 22.3 Å². The van der Waals surface area contributed by atoms with Gasteiger partial charge in [0.1, 0.15) is 0 Å². The zero-order chi connectivity index (χ0) is 13.6. The molecule has 1 fully saturated rings.